The molecule has 2 rings (SSSR count). The maximum Gasteiger partial charge on any atom is 0.252 e. The van der Waals surface area contributed by atoms with Crippen LogP contribution in [0.1, 0.15) is 15.9 Å². The molecule has 0 unspecified atom stereocenters. The summed E-state index contributed by atoms with van der Waals surface area (Å²) in [5, 5.41) is 8.70. The Morgan fingerprint density at radius 1 is 1.00 bits per heavy atom. The standard InChI is InChI=1S/C17H16Cl3N3OS/c1-11-7-5-6-10-13(11)21-16(25)23-15(17(18,19)20)22-14(24)12-8-3-2-4-9-12/h2-10,15H,1H3,(H,22,24)(H2,21,23,25)/t15-/m1/s1. The van der Waals surface area contributed by atoms with Crippen molar-refractivity contribution < 1.29 is 4.79 Å². The highest BCUT2D eigenvalue weighted by Crippen LogP contribution is 2.29. The average molecular weight is 417 g/mol. The van der Waals surface area contributed by atoms with Crippen molar-refractivity contribution in [3.05, 3.63) is 65.7 Å². The van der Waals surface area contributed by atoms with Crippen LogP contribution in [0.25, 0.3) is 0 Å². The highest BCUT2D eigenvalue weighted by Gasteiger charge is 2.34. The first-order valence-electron chi connectivity index (χ1n) is 7.33. The van der Waals surface area contributed by atoms with Crippen LogP contribution in [0.3, 0.4) is 0 Å². The molecule has 4 nitrogen and oxygen atoms in total. The number of thiocarbonyl (C=S) groups is 1. The van der Waals surface area contributed by atoms with Crippen molar-refractivity contribution in [2.45, 2.75) is 16.9 Å². The van der Waals surface area contributed by atoms with Crippen LogP contribution in [0, 0.1) is 6.92 Å². The van der Waals surface area contributed by atoms with Crippen LogP contribution in [0.15, 0.2) is 54.6 Å². The zero-order valence-electron chi connectivity index (χ0n) is 13.2. The van der Waals surface area contributed by atoms with Crippen molar-refractivity contribution in [3.63, 3.8) is 0 Å². The molecule has 0 aliphatic rings. The van der Waals surface area contributed by atoms with Gasteiger partial charge in [0.25, 0.3) is 5.91 Å². The first kappa shape index (κ1) is 19.8. The molecule has 0 aliphatic carbocycles. The predicted octanol–water partition coefficient (Wildman–Crippen LogP) is 4.41. The lowest BCUT2D eigenvalue weighted by molar-refractivity contribution is 0.0934. The monoisotopic (exact) mass is 415 g/mol. The van der Waals surface area contributed by atoms with Gasteiger partial charge in [-0.15, -0.1) is 0 Å². The maximum atomic E-state index is 12.3. The molecule has 0 heterocycles. The van der Waals surface area contributed by atoms with Crippen molar-refractivity contribution in [2.75, 3.05) is 5.32 Å². The van der Waals surface area contributed by atoms with E-state index in [0.29, 0.717) is 5.56 Å². The number of amides is 1. The van der Waals surface area contributed by atoms with Crippen LogP contribution in [0.5, 0.6) is 0 Å². The minimum atomic E-state index is -1.80. The van der Waals surface area contributed by atoms with E-state index >= 15 is 0 Å². The van der Waals surface area contributed by atoms with Gasteiger partial charge in [-0.25, -0.2) is 0 Å². The quantitative estimate of drug-likeness (QED) is 0.393. The minimum Gasteiger partial charge on any atom is -0.339 e. The fraction of sp³-hybridized carbons (Fsp3) is 0.176. The molecule has 2 aromatic carbocycles. The fourth-order valence-corrected chi connectivity index (χ4v) is 2.56. The zero-order chi connectivity index (χ0) is 18.4. The van der Waals surface area contributed by atoms with E-state index in [1.165, 1.54) is 0 Å². The van der Waals surface area contributed by atoms with Crippen LogP contribution in [0.2, 0.25) is 0 Å². The van der Waals surface area contributed by atoms with Gasteiger partial charge in [0.1, 0.15) is 6.17 Å². The summed E-state index contributed by atoms with van der Waals surface area (Å²) in [6, 6.07) is 16.2. The van der Waals surface area contributed by atoms with Crippen LogP contribution in [-0.4, -0.2) is 21.0 Å². The molecule has 25 heavy (non-hydrogen) atoms. The molecule has 2 aromatic rings. The van der Waals surface area contributed by atoms with Gasteiger partial charge in [0.2, 0.25) is 3.79 Å². The van der Waals surface area contributed by atoms with Crippen LogP contribution < -0.4 is 16.0 Å². The number of anilines is 1. The number of carbonyl (C=O) groups excluding carboxylic acids is 1. The van der Waals surface area contributed by atoms with Gasteiger partial charge in [0.05, 0.1) is 0 Å². The molecule has 0 saturated carbocycles. The molecule has 0 spiro atoms. The van der Waals surface area contributed by atoms with Gasteiger partial charge in [-0.2, -0.15) is 0 Å². The van der Waals surface area contributed by atoms with Crippen LogP contribution in [-0.2, 0) is 0 Å². The summed E-state index contributed by atoms with van der Waals surface area (Å²) in [7, 11) is 0. The van der Waals surface area contributed by atoms with Gasteiger partial charge in [-0.3, -0.25) is 4.79 Å². The summed E-state index contributed by atoms with van der Waals surface area (Å²) in [6.45, 7) is 1.94. The number of nitrogens with one attached hydrogen (secondary N) is 3. The number of benzene rings is 2. The van der Waals surface area contributed by atoms with Crippen molar-refractivity contribution in [3.8, 4) is 0 Å². The summed E-state index contributed by atoms with van der Waals surface area (Å²) >= 11 is 23.2. The summed E-state index contributed by atoms with van der Waals surface area (Å²) in [5.74, 6) is -0.386. The van der Waals surface area contributed by atoms with Gasteiger partial charge in [-0.1, -0.05) is 71.2 Å². The Morgan fingerprint density at radius 3 is 2.20 bits per heavy atom. The molecule has 3 N–H and O–H groups in total. The Morgan fingerprint density at radius 2 is 1.60 bits per heavy atom. The Labute approximate surface area is 166 Å². The lowest BCUT2D eigenvalue weighted by Crippen LogP contribution is -2.56. The fourth-order valence-electron chi connectivity index (χ4n) is 2.01. The molecule has 0 aliphatic heterocycles. The molecular weight excluding hydrogens is 401 g/mol. The number of rotatable bonds is 4. The Balaban J connectivity index is 2.06. The Kier molecular flexibility index (Phi) is 6.90. The number of hydrogen-bond acceptors (Lipinski definition) is 2. The molecule has 0 bridgehead atoms. The van der Waals surface area contributed by atoms with E-state index in [2.05, 4.69) is 16.0 Å². The molecule has 132 valence electrons. The van der Waals surface area contributed by atoms with E-state index in [9.17, 15) is 4.79 Å². The average Bonchev–Trinajstić information content (AvgIpc) is 2.56. The highest BCUT2D eigenvalue weighted by atomic mass is 35.6. The van der Waals surface area contributed by atoms with E-state index < -0.39 is 9.96 Å². The maximum absolute atomic E-state index is 12.3. The molecular formula is C17H16Cl3N3OS. The molecule has 0 aromatic heterocycles. The molecule has 0 saturated heterocycles. The summed E-state index contributed by atoms with van der Waals surface area (Å²) in [6.07, 6.45) is -1.02. The third-order valence-electron chi connectivity index (χ3n) is 3.31. The van der Waals surface area contributed by atoms with Gasteiger partial charge in [0.15, 0.2) is 5.11 Å². The topological polar surface area (TPSA) is 53.2 Å². The second-order valence-electron chi connectivity index (χ2n) is 5.23. The zero-order valence-corrected chi connectivity index (χ0v) is 16.3. The lowest BCUT2D eigenvalue weighted by atomic mass is 10.2. The van der Waals surface area contributed by atoms with Crippen LogP contribution in [0.4, 0.5) is 5.69 Å². The second-order valence-corrected chi connectivity index (χ2v) is 8.00. The van der Waals surface area contributed by atoms with Crippen LogP contribution >= 0.6 is 47.0 Å². The van der Waals surface area contributed by atoms with E-state index in [1.807, 2.05) is 37.3 Å². The van der Waals surface area contributed by atoms with E-state index in [1.54, 1.807) is 24.3 Å². The molecule has 1 atom stereocenters. The highest BCUT2D eigenvalue weighted by molar-refractivity contribution is 7.80. The third-order valence-corrected chi connectivity index (χ3v) is 4.18. The molecule has 0 fully saturated rings. The van der Waals surface area contributed by atoms with Gasteiger partial charge in [0, 0.05) is 11.3 Å². The largest absolute Gasteiger partial charge is 0.339 e. The first-order chi connectivity index (χ1) is 11.8. The lowest BCUT2D eigenvalue weighted by Gasteiger charge is -2.28. The number of hydrogen-bond donors (Lipinski definition) is 3. The SMILES string of the molecule is Cc1ccccc1NC(=S)N[C@@H](NC(=O)c1ccccc1)C(Cl)(Cl)Cl. The predicted molar refractivity (Wildman–Crippen MR) is 109 cm³/mol. The Hall–Kier alpha value is -1.53. The second kappa shape index (κ2) is 8.72. The van der Waals surface area contributed by atoms with Crippen molar-refractivity contribution >= 4 is 63.7 Å². The number of carbonyl (C=O) groups is 1. The van der Waals surface area contributed by atoms with Gasteiger partial charge in [-0.05, 0) is 42.9 Å². The van der Waals surface area contributed by atoms with Crippen molar-refractivity contribution in [1.82, 2.24) is 10.6 Å². The van der Waals surface area contributed by atoms with Gasteiger partial charge >= 0.3 is 0 Å². The normalized spacial score (nSPS) is 12.2. The van der Waals surface area contributed by atoms with E-state index in [0.717, 1.165) is 11.3 Å². The van der Waals surface area contributed by atoms with Gasteiger partial charge < -0.3 is 16.0 Å². The molecule has 8 heteroatoms. The Bertz CT molecular complexity index is 750. The number of halogens is 3. The molecule has 1 amide bonds. The third kappa shape index (κ3) is 6.04. The van der Waals surface area contributed by atoms with E-state index in [-0.39, 0.29) is 11.0 Å². The summed E-state index contributed by atoms with van der Waals surface area (Å²) in [5.41, 5.74) is 2.27. The van der Waals surface area contributed by atoms with Crippen molar-refractivity contribution in [2.24, 2.45) is 0 Å². The van der Waals surface area contributed by atoms with E-state index in [4.69, 9.17) is 47.0 Å². The first-order valence-corrected chi connectivity index (χ1v) is 8.87. The number of aryl methyl sites for hydroxylation is 1. The van der Waals surface area contributed by atoms with Crippen molar-refractivity contribution in [1.29, 1.82) is 0 Å². The number of para-hydroxylation sites is 1. The molecule has 0 radical (unpaired) electrons. The summed E-state index contributed by atoms with van der Waals surface area (Å²) < 4.78 is -1.80. The minimum absolute atomic E-state index is 0.221. The number of alkyl halides is 3. The smallest absolute Gasteiger partial charge is 0.252 e. The summed E-state index contributed by atoms with van der Waals surface area (Å²) in [4.78, 5) is 12.3.